The van der Waals surface area contributed by atoms with E-state index in [1.807, 2.05) is 12.3 Å². The molecule has 13 heavy (non-hydrogen) atoms. The second kappa shape index (κ2) is 2.36. The molecule has 3 rings (SSSR count). The summed E-state index contributed by atoms with van der Waals surface area (Å²) in [6.45, 7) is 0. The number of H-pyrrole nitrogens is 1. The third-order valence-corrected chi connectivity index (χ3v) is 2.44. The van der Waals surface area contributed by atoms with Crippen LogP contribution in [0.2, 0.25) is 0 Å². The molecule has 0 unspecified atom stereocenters. The van der Waals surface area contributed by atoms with Gasteiger partial charge in [0.1, 0.15) is 0 Å². The van der Waals surface area contributed by atoms with Gasteiger partial charge in [-0.05, 0) is 22.9 Å². The Morgan fingerprint density at radius 2 is 1.85 bits per heavy atom. The summed E-state index contributed by atoms with van der Waals surface area (Å²) in [7, 11) is 0. The van der Waals surface area contributed by atoms with Crippen LogP contribution >= 0.6 is 0 Å². The number of aromatic nitrogens is 1. The number of nitrogens with one attached hydrogen (secondary N) is 1. The lowest BCUT2D eigenvalue weighted by Crippen LogP contribution is -1.76. The van der Waals surface area contributed by atoms with Crippen LogP contribution in [0.5, 0.6) is 0 Å². The standard InChI is InChI=1S/C12H9N/c1-2-5-10-9(4-1)8-12-11(10)6-3-7-13-12/h1-8,13H. The first kappa shape index (κ1) is 6.72. The van der Waals surface area contributed by atoms with Crippen molar-refractivity contribution in [3.63, 3.8) is 0 Å². The Kier molecular flexibility index (Phi) is 1.22. The van der Waals surface area contributed by atoms with E-state index >= 15 is 0 Å². The minimum absolute atomic E-state index is 1.21. The molecule has 0 fully saturated rings. The molecule has 1 aromatic carbocycles. The molecule has 0 aromatic heterocycles. The highest BCUT2D eigenvalue weighted by Gasteiger charge is 2.06. The predicted octanol–water partition coefficient (Wildman–Crippen LogP) is 3.27. The molecule has 0 radical (unpaired) electrons. The van der Waals surface area contributed by atoms with Gasteiger partial charge in [0.2, 0.25) is 0 Å². The van der Waals surface area contributed by atoms with Crippen LogP contribution in [0.3, 0.4) is 0 Å². The van der Waals surface area contributed by atoms with Crippen molar-refractivity contribution in [2.75, 3.05) is 0 Å². The number of fused-ring (bicyclic) bond motifs is 3. The molecule has 1 aliphatic heterocycles. The third kappa shape index (κ3) is 0.872. The van der Waals surface area contributed by atoms with Gasteiger partial charge >= 0.3 is 0 Å². The highest BCUT2D eigenvalue weighted by Crippen LogP contribution is 2.31. The second-order valence-corrected chi connectivity index (χ2v) is 3.23. The number of hydrogen-bond acceptors (Lipinski definition) is 0. The average Bonchev–Trinajstić information content (AvgIpc) is 2.56. The zero-order chi connectivity index (χ0) is 8.67. The van der Waals surface area contributed by atoms with E-state index in [0.29, 0.717) is 0 Å². The van der Waals surface area contributed by atoms with Gasteiger partial charge in [-0.15, -0.1) is 0 Å². The summed E-state index contributed by atoms with van der Waals surface area (Å²) in [5, 5.41) is 2.63. The van der Waals surface area contributed by atoms with E-state index in [1.54, 1.807) is 0 Å². The van der Waals surface area contributed by atoms with Crippen molar-refractivity contribution >= 4 is 10.8 Å². The van der Waals surface area contributed by atoms with Gasteiger partial charge in [0.15, 0.2) is 0 Å². The number of pyridine rings is 1. The predicted molar refractivity (Wildman–Crippen MR) is 54.9 cm³/mol. The molecule has 2 aliphatic rings. The molecular weight excluding hydrogens is 158 g/mol. The fraction of sp³-hybridized carbons (Fsp3) is 0. The van der Waals surface area contributed by atoms with Crippen molar-refractivity contribution in [2.45, 2.75) is 0 Å². The summed E-state index contributed by atoms with van der Waals surface area (Å²) in [5.41, 5.74) is 2.52. The molecule has 0 atom stereocenters. The highest BCUT2D eigenvalue weighted by molar-refractivity contribution is 6.00. The minimum Gasteiger partial charge on any atom is -0.361 e. The molecule has 62 valence electrons. The molecule has 0 spiro atoms. The van der Waals surface area contributed by atoms with Crippen molar-refractivity contribution in [3.05, 3.63) is 48.7 Å². The first-order valence-electron chi connectivity index (χ1n) is 4.40. The Hall–Kier alpha value is -1.76. The fourth-order valence-electron chi connectivity index (χ4n) is 1.83. The average molecular weight is 167 g/mol. The highest BCUT2D eigenvalue weighted by atomic mass is 14.7. The summed E-state index contributed by atoms with van der Waals surface area (Å²) < 4.78 is 0. The maximum atomic E-state index is 3.24. The third-order valence-electron chi connectivity index (χ3n) is 2.44. The van der Waals surface area contributed by atoms with Crippen LogP contribution in [-0.2, 0) is 0 Å². The summed E-state index contributed by atoms with van der Waals surface area (Å²) in [5.74, 6) is 0. The van der Waals surface area contributed by atoms with Crippen LogP contribution < -0.4 is 0 Å². The molecule has 0 saturated heterocycles. The van der Waals surface area contributed by atoms with Crippen molar-refractivity contribution in [2.24, 2.45) is 0 Å². The molecular formula is C12H9N. The van der Waals surface area contributed by atoms with Gasteiger partial charge in [-0.25, -0.2) is 0 Å². The van der Waals surface area contributed by atoms with Crippen LogP contribution in [0.1, 0.15) is 0 Å². The van der Waals surface area contributed by atoms with Gasteiger partial charge in [0.05, 0.1) is 0 Å². The van der Waals surface area contributed by atoms with E-state index in [-0.39, 0.29) is 0 Å². The van der Waals surface area contributed by atoms with E-state index in [1.165, 1.54) is 22.0 Å². The maximum Gasteiger partial charge on any atom is 0.0465 e. The Morgan fingerprint density at radius 1 is 0.923 bits per heavy atom. The van der Waals surface area contributed by atoms with Gasteiger partial charge < -0.3 is 4.98 Å². The van der Waals surface area contributed by atoms with Gasteiger partial charge in [-0.1, -0.05) is 30.3 Å². The lowest BCUT2D eigenvalue weighted by atomic mass is 10.1. The lowest BCUT2D eigenvalue weighted by Gasteiger charge is -1.96. The van der Waals surface area contributed by atoms with Gasteiger partial charge in [0.25, 0.3) is 0 Å². The smallest absolute Gasteiger partial charge is 0.0465 e. The first-order valence-corrected chi connectivity index (χ1v) is 4.40. The van der Waals surface area contributed by atoms with Crippen molar-refractivity contribution in [3.8, 4) is 11.3 Å². The lowest BCUT2D eigenvalue weighted by molar-refractivity contribution is 1.35. The van der Waals surface area contributed by atoms with Crippen molar-refractivity contribution < 1.29 is 0 Å². The van der Waals surface area contributed by atoms with E-state index in [4.69, 9.17) is 0 Å². The topological polar surface area (TPSA) is 15.8 Å². The SMILES string of the molecule is c1c[nH]c2cc3ccccc3c-2c1. The summed E-state index contributed by atoms with van der Waals surface area (Å²) in [6, 6.07) is 14.8. The van der Waals surface area contributed by atoms with Gasteiger partial charge in [-0.3, -0.25) is 0 Å². The number of rotatable bonds is 0. The van der Waals surface area contributed by atoms with Crippen LogP contribution in [0.15, 0.2) is 48.7 Å². The molecule has 1 aliphatic carbocycles. The largest absolute Gasteiger partial charge is 0.361 e. The molecule has 0 saturated carbocycles. The van der Waals surface area contributed by atoms with Crippen LogP contribution in [-0.4, -0.2) is 4.98 Å². The zero-order valence-corrected chi connectivity index (χ0v) is 7.12. The zero-order valence-electron chi connectivity index (χ0n) is 7.12. The molecule has 0 amide bonds. The molecule has 1 heteroatoms. The first-order chi connectivity index (χ1) is 6.45. The molecule has 1 nitrogen and oxygen atoms in total. The fourth-order valence-corrected chi connectivity index (χ4v) is 1.83. The quantitative estimate of drug-likeness (QED) is 0.529. The Bertz CT molecular complexity index is 522. The van der Waals surface area contributed by atoms with Gasteiger partial charge in [0, 0.05) is 17.5 Å². The normalized spacial score (nSPS) is 11.1. The molecule has 1 heterocycles. The number of hydrogen-bond donors (Lipinski definition) is 1. The number of benzene rings is 1. The summed E-state index contributed by atoms with van der Waals surface area (Å²) in [4.78, 5) is 3.24. The minimum atomic E-state index is 1.21. The van der Waals surface area contributed by atoms with Gasteiger partial charge in [-0.2, -0.15) is 0 Å². The summed E-state index contributed by atoms with van der Waals surface area (Å²) in [6.07, 6.45) is 1.96. The monoisotopic (exact) mass is 167 g/mol. The van der Waals surface area contributed by atoms with Crippen LogP contribution in [0.4, 0.5) is 0 Å². The Balaban J connectivity index is 2.56. The van der Waals surface area contributed by atoms with Crippen molar-refractivity contribution in [1.82, 2.24) is 4.98 Å². The second-order valence-electron chi connectivity index (χ2n) is 3.23. The Morgan fingerprint density at radius 3 is 2.85 bits per heavy atom. The number of aromatic amines is 1. The van der Waals surface area contributed by atoms with E-state index in [9.17, 15) is 0 Å². The van der Waals surface area contributed by atoms with E-state index < -0.39 is 0 Å². The summed E-state index contributed by atoms with van der Waals surface area (Å²) >= 11 is 0. The van der Waals surface area contributed by atoms with E-state index in [2.05, 4.69) is 41.4 Å². The van der Waals surface area contributed by atoms with E-state index in [0.717, 1.165) is 0 Å². The van der Waals surface area contributed by atoms with Crippen LogP contribution in [0.25, 0.3) is 22.0 Å². The van der Waals surface area contributed by atoms with Crippen LogP contribution in [0, 0.1) is 0 Å². The molecule has 0 bridgehead atoms. The Labute approximate surface area is 76.4 Å². The maximum absolute atomic E-state index is 3.24. The molecule has 1 N–H and O–H groups in total. The van der Waals surface area contributed by atoms with Crippen molar-refractivity contribution in [1.29, 1.82) is 0 Å². The molecule has 1 aromatic rings.